The summed E-state index contributed by atoms with van der Waals surface area (Å²) in [5.41, 5.74) is 3.99. The summed E-state index contributed by atoms with van der Waals surface area (Å²) >= 11 is 3.59. The average molecular weight is 516 g/mol. The normalized spacial score (nSPS) is 17.1. The Kier molecular flexibility index (Phi) is 8.36. The fourth-order valence-corrected chi connectivity index (χ4v) is 4.52. The summed E-state index contributed by atoms with van der Waals surface area (Å²) < 4.78 is 6.73. The predicted octanol–water partition coefficient (Wildman–Crippen LogP) is 5.10. The lowest BCUT2D eigenvalue weighted by atomic mass is 10.1. The minimum Gasteiger partial charge on any atom is -0.492 e. The lowest BCUT2D eigenvalue weighted by Crippen LogP contribution is -2.34. The van der Waals surface area contributed by atoms with Crippen molar-refractivity contribution in [3.63, 3.8) is 0 Å². The quantitative estimate of drug-likeness (QED) is 0.387. The number of hydrazone groups is 1. The van der Waals surface area contributed by atoms with Gasteiger partial charge < -0.3 is 14.5 Å². The van der Waals surface area contributed by atoms with E-state index in [0.29, 0.717) is 18.5 Å². The number of hydrogen-bond donors (Lipinski definition) is 1. The maximum atomic E-state index is 5.83. The molecule has 2 fully saturated rings. The van der Waals surface area contributed by atoms with Crippen molar-refractivity contribution < 1.29 is 4.74 Å². The Balaban J connectivity index is 1.48. The molecule has 0 atom stereocenters. The van der Waals surface area contributed by atoms with Gasteiger partial charge in [0.1, 0.15) is 5.75 Å². The maximum absolute atomic E-state index is 5.83. The van der Waals surface area contributed by atoms with Gasteiger partial charge in [-0.15, -0.1) is 0 Å². The van der Waals surface area contributed by atoms with E-state index in [1.807, 2.05) is 18.2 Å². The van der Waals surface area contributed by atoms with Crippen LogP contribution in [0.2, 0.25) is 0 Å². The van der Waals surface area contributed by atoms with Crippen molar-refractivity contribution in [2.45, 2.75) is 52.4 Å². The molecule has 0 spiro atoms. The zero-order chi connectivity index (χ0) is 23.0. The van der Waals surface area contributed by atoms with Gasteiger partial charge in [0, 0.05) is 26.2 Å². The third-order valence-corrected chi connectivity index (χ3v) is 6.42. The standard InChI is InChI=1S/C24H34BrN7O/c1-18(2)17-33-21-10-9-19(15-20(21)25)16-26-30-22-27-23(31-11-5-3-6-12-31)29-24(28-22)32-13-7-4-8-14-32/h9-10,15-16,18H,3-8,11-14,17H2,1-2H3,(H,27,28,29,30)/b26-16-. The molecule has 0 saturated carbocycles. The van der Waals surface area contributed by atoms with Crippen molar-refractivity contribution in [1.29, 1.82) is 0 Å². The van der Waals surface area contributed by atoms with Gasteiger partial charge in [0.15, 0.2) is 0 Å². The Morgan fingerprint density at radius 1 is 0.970 bits per heavy atom. The van der Waals surface area contributed by atoms with E-state index >= 15 is 0 Å². The van der Waals surface area contributed by atoms with Crippen LogP contribution in [0.15, 0.2) is 27.8 Å². The highest BCUT2D eigenvalue weighted by Gasteiger charge is 2.20. The van der Waals surface area contributed by atoms with Crippen LogP contribution < -0.4 is 20.0 Å². The van der Waals surface area contributed by atoms with Gasteiger partial charge in [-0.2, -0.15) is 20.1 Å². The molecule has 1 aromatic heterocycles. The number of benzene rings is 1. The first-order valence-electron chi connectivity index (χ1n) is 12.1. The minimum atomic E-state index is 0.479. The molecule has 0 radical (unpaired) electrons. The summed E-state index contributed by atoms with van der Waals surface area (Å²) in [6.07, 6.45) is 9.02. The van der Waals surface area contributed by atoms with E-state index in [1.54, 1.807) is 6.21 Å². The monoisotopic (exact) mass is 515 g/mol. The fourth-order valence-electron chi connectivity index (χ4n) is 4.01. The molecule has 0 bridgehead atoms. The number of ether oxygens (including phenoxy) is 1. The van der Waals surface area contributed by atoms with Crippen molar-refractivity contribution in [3.05, 3.63) is 28.2 Å². The molecule has 178 valence electrons. The number of rotatable bonds is 8. The second-order valence-corrected chi connectivity index (χ2v) is 9.97. The smallest absolute Gasteiger partial charge is 0.250 e. The van der Waals surface area contributed by atoms with Crippen molar-refractivity contribution in [1.82, 2.24) is 15.0 Å². The zero-order valence-corrected chi connectivity index (χ0v) is 21.2. The Bertz CT molecular complexity index is 904. The van der Waals surface area contributed by atoms with Crippen LogP contribution in [0.4, 0.5) is 17.8 Å². The van der Waals surface area contributed by atoms with Gasteiger partial charge in [-0.25, -0.2) is 5.43 Å². The molecule has 0 amide bonds. The second-order valence-electron chi connectivity index (χ2n) is 9.12. The van der Waals surface area contributed by atoms with Crippen LogP contribution in [0, 0.1) is 5.92 Å². The number of piperidine rings is 2. The summed E-state index contributed by atoms with van der Waals surface area (Å²) in [6, 6.07) is 5.93. The van der Waals surface area contributed by atoms with Crippen LogP contribution >= 0.6 is 15.9 Å². The summed E-state index contributed by atoms with van der Waals surface area (Å²) in [4.78, 5) is 18.7. The molecule has 2 aromatic rings. The van der Waals surface area contributed by atoms with Gasteiger partial charge in [-0.1, -0.05) is 13.8 Å². The van der Waals surface area contributed by atoms with Gasteiger partial charge in [-0.3, -0.25) is 0 Å². The Morgan fingerprint density at radius 3 is 2.12 bits per heavy atom. The van der Waals surface area contributed by atoms with Crippen LogP contribution in [0.1, 0.15) is 57.9 Å². The molecule has 2 aliphatic heterocycles. The highest BCUT2D eigenvalue weighted by atomic mass is 79.9. The van der Waals surface area contributed by atoms with E-state index in [0.717, 1.165) is 53.9 Å². The maximum Gasteiger partial charge on any atom is 0.250 e. The first-order valence-corrected chi connectivity index (χ1v) is 12.9. The summed E-state index contributed by atoms with van der Waals surface area (Å²) in [5.74, 6) is 3.30. The molecule has 4 rings (SSSR count). The number of hydrogen-bond acceptors (Lipinski definition) is 8. The van der Waals surface area contributed by atoms with E-state index in [2.05, 4.69) is 60.1 Å². The van der Waals surface area contributed by atoms with Gasteiger partial charge in [0.2, 0.25) is 17.8 Å². The van der Waals surface area contributed by atoms with Gasteiger partial charge >= 0.3 is 0 Å². The van der Waals surface area contributed by atoms with E-state index < -0.39 is 0 Å². The Labute approximate surface area is 205 Å². The molecule has 3 heterocycles. The van der Waals surface area contributed by atoms with E-state index in [1.165, 1.54) is 38.5 Å². The van der Waals surface area contributed by atoms with Gasteiger partial charge in [0.05, 0.1) is 17.3 Å². The number of aromatic nitrogens is 3. The highest BCUT2D eigenvalue weighted by Crippen LogP contribution is 2.26. The van der Waals surface area contributed by atoms with E-state index in [4.69, 9.17) is 9.72 Å². The summed E-state index contributed by atoms with van der Waals surface area (Å²) in [7, 11) is 0. The molecule has 8 nitrogen and oxygen atoms in total. The summed E-state index contributed by atoms with van der Waals surface area (Å²) in [6.45, 7) is 8.92. The number of anilines is 3. The largest absolute Gasteiger partial charge is 0.492 e. The van der Waals surface area contributed by atoms with Gasteiger partial charge in [-0.05, 0) is 84.1 Å². The van der Waals surface area contributed by atoms with Crippen molar-refractivity contribution in [2.75, 3.05) is 48.0 Å². The molecule has 9 heteroatoms. The Hall–Kier alpha value is -2.42. The molecule has 0 unspecified atom stereocenters. The van der Waals surface area contributed by atoms with Crippen LogP contribution in [0.5, 0.6) is 5.75 Å². The van der Waals surface area contributed by atoms with Gasteiger partial charge in [0.25, 0.3) is 0 Å². The topological polar surface area (TPSA) is 78.8 Å². The number of nitrogens with zero attached hydrogens (tertiary/aromatic N) is 6. The number of halogens is 1. The average Bonchev–Trinajstić information content (AvgIpc) is 2.84. The summed E-state index contributed by atoms with van der Waals surface area (Å²) in [5, 5.41) is 4.40. The molecule has 2 saturated heterocycles. The fraction of sp³-hybridized carbons (Fsp3) is 0.583. The van der Waals surface area contributed by atoms with E-state index in [-0.39, 0.29) is 0 Å². The third kappa shape index (κ3) is 6.79. The van der Waals surface area contributed by atoms with Crippen LogP contribution in [0.25, 0.3) is 0 Å². The second kappa shape index (κ2) is 11.6. The van der Waals surface area contributed by atoms with Crippen LogP contribution in [-0.2, 0) is 0 Å². The lowest BCUT2D eigenvalue weighted by molar-refractivity contribution is 0.269. The Morgan fingerprint density at radius 2 is 1.58 bits per heavy atom. The van der Waals surface area contributed by atoms with Crippen molar-refractivity contribution >= 4 is 40.0 Å². The van der Waals surface area contributed by atoms with Crippen molar-refractivity contribution in [2.24, 2.45) is 11.0 Å². The third-order valence-electron chi connectivity index (χ3n) is 5.80. The van der Waals surface area contributed by atoms with Crippen LogP contribution in [0.3, 0.4) is 0 Å². The predicted molar refractivity (Wildman–Crippen MR) is 138 cm³/mol. The first-order chi connectivity index (χ1) is 16.1. The zero-order valence-electron chi connectivity index (χ0n) is 19.6. The van der Waals surface area contributed by atoms with E-state index in [9.17, 15) is 0 Å². The van der Waals surface area contributed by atoms with Crippen molar-refractivity contribution in [3.8, 4) is 5.75 Å². The molecule has 33 heavy (non-hydrogen) atoms. The number of nitrogens with one attached hydrogen (secondary N) is 1. The highest BCUT2D eigenvalue weighted by molar-refractivity contribution is 9.10. The molecular formula is C24H34BrN7O. The first kappa shape index (κ1) is 23.7. The molecule has 2 aliphatic rings. The lowest BCUT2D eigenvalue weighted by Gasteiger charge is -2.30. The molecule has 1 N–H and O–H groups in total. The molecule has 1 aromatic carbocycles. The molecular weight excluding hydrogens is 482 g/mol. The SMILES string of the molecule is CC(C)COc1ccc(/C=N\Nc2nc(N3CCCCC3)nc(N3CCCCC3)n2)cc1Br. The molecule has 0 aliphatic carbocycles. The van der Waals surface area contributed by atoms with Crippen LogP contribution in [-0.4, -0.2) is 54.0 Å². The minimum absolute atomic E-state index is 0.479.